The molecule has 0 unspecified atom stereocenters. The smallest absolute Gasteiger partial charge is 0.0234 e. The summed E-state index contributed by atoms with van der Waals surface area (Å²) in [4.78, 5) is 5.01. The molecule has 1 saturated heterocycles. The van der Waals surface area contributed by atoms with Gasteiger partial charge in [-0.1, -0.05) is 55.5 Å². The molecule has 1 aliphatic rings. The van der Waals surface area contributed by atoms with E-state index < -0.39 is 0 Å². The van der Waals surface area contributed by atoms with Gasteiger partial charge in [0.1, 0.15) is 0 Å². The highest BCUT2D eigenvalue weighted by atomic mass is 15.2. The van der Waals surface area contributed by atoms with Crippen molar-refractivity contribution >= 4 is 0 Å². The van der Waals surface area contributed by atoms with E-state index in [4.69, 9.17) is 0 Å². The van der Waals surface area contributed by atoms with Gasteiger partial charge in [-0.2, -0.15) is 0 Å². The predicted octanol–water partition coefficient (Wildman–Crippen LogP) is 4.05. The lowest BCUT2D eigenvalue weighted by Crippen LogP contribution is -2.28. The van der Waals surface area contributed by atoms with Gasteiger partial charge < -0.3 is 4.90 Å². The van der Waals surface area contributed by atoms with Crippen molar-refractivity contribution in [1.29, 1.82) is 0 Å². The van der Waals surface area contributed by atoms with E-state index in [0.717, 1.165) is 13.0 Å². The van der Waals surface area contributed by atoms with Gasteiger partial charge >= 0.3 is 0 Å². The zero-order valence-electron chi connectivity index (χ0n) is 14.5. The number of hydrogen-bond acceptors (Lipinski definition) is 2. The maximum atomic E-state index is 2.58. The summed E-state index contributed by atoms with van der Waals surface area (Å²) in [7, 11) is 2.22. The molecule has 1 heterocycles. The van der Waals surface area contributed by atoms with Crippen LogP contribution in [0.15, 0.2) is 48.5 Å². The van der Waals surface area contributed by atoms with Crippen LogP contribution in [-0.4, -0.2) is 43.0 Å². The van der Waals surface area contributed by atoms with Gasteiger partial charge in [0.15, 0.2) is 0 Å². The van der Waals surface area contributed by atoms with Crippen molar-refractivity contribution in [2.24, 2.45) is 0 Å². The first-order chi connectivity index (χ1) is 11.2. The van der Waals surface area contributed by atoms with E-state index in [9.17, 15) is 0 Å². The summed E-state index contributed by atoms with van der Waals surface area (Å²) in [5, 5.41) is 0. The van der Waals surface area contributed by atoms with Crippen LogP contribution in [0.2, 0.25) is 0 Å². The molecule has 0 amide bonds. The molecular formula is C21H28N2. The molecule has 0 spiro atoms. The zero-order chi connectivity index (χ0) is 16.1. The normalized spacial score (nSPS) is 17.1. The third-order valence-corrected chi connectivity index (χ3v) is 4.87. The van der Waals surface area contributed by atoms with Crippen LogP contribution in [0.4, 0.5) is 0 Å². The Hall–Kier alpha value is -1.64. The molecule has 23 heavy (non-hydrogen) atoms. The Morgan fingerprint density at radius 2 is 1.35 bits per heavy atom. The summed E-state index contributed by atoms with van der Waals surface area (Å²) >= 11 is 0. The van der Waals surface area contributed by atoms with Gasteiger partial charge in [0.25, 0.3) is 0 Å². The first-order valence-electron chi connectivity index (χ1n) is 8.84. The first kappa shape index (κ1) is 16.2. The number of nitrogens with zero attached hydrogens (tertiary/aromatic N) is 2. The molecule has 2 aromatic carbocycles. The van der Waals surface area contributed by atoms with Gasteiger partial charge in [0.2, 0.25) is 0 Å². The van der Waals surface area contributed by atoms with Gasteiger partial charge in [-0.05, 0) is 55.2 Å². The van der Waals surface area contributed by atoms with Crippen LogP contribution in [-0.2, 0) is 13.0 Å². The van der Waals surface area contributed by atoms with Crippen molar-refractivity contribution in [3.05, 3.63) is 59.7 Å². The monoisotopic (exact) mass is 308 g/mol. The predicted molar refractivity (Wildman–Crippen MR) is 98.6 cm³/mol. The number of hydrogen-bond donors (Lipinski definition) is 0. The van der Waals surface area contributed by atoms with Gasteiger partial charge in [0, 0.05) is 19.6 Å². The van der Waals surface area contributed by atoms with E-state index in [2.05, 4.69) is 72.3 Å². The van der Waals surface area contributed by atoms with E-state index >= 15 is 0 Å². The molecule has 3 rings (SSSR count). The minimum absolute atomic E-state index is 1.07. The van der Waals surface area contributed by atoms with Crippen LogP contribution in [0.5, 0.6) is 0 Å². The lowest BCUT2D eigenvalue weighted by Gasteiger charge is -2.20. The molecule has 0 bridgehead atoms. The van der Waals surface area contributed by atoms with Gasteiger partial charge in [-0.3, -0.25) is 4.90 Å². The van der Waals surface area contributed by atoms with Crippen LogP contribution >= 0.6 is 0 Å². The highest BCUT2D eigenvalue weighted by molar-refractivity contribution is 5.63. The Labute approximate surface area is 140 Å². The molecule has 2 nitrogen and oxygen atoms in total. The third kappa shape index (κ3) is 4.43. The van der Waals surface area contributed by atoms with Crippen molar-refractivity contribution in [2.75, 3.05) is 33.2 Å². The van der Waals surface area contributed by atoms with Crippen molar-refractivity contribution in [3.8, 4) is 11.1 Å². The molecule has 2 aromatic rings. The lowest BCUT2D eigenvalue weighted by molar-refractivity contribution is 0.269. The second kappa shape index (κ2) is 7.76. The average molecular weight is 308 g/mol. The minimum atomic E-state index is 1.07. The Morgan fingerprint density at radius 3 is 1.96 bits per heavy atom. The lowest BCUT2D eigenvalue weighted by atomic mass is 10.0. The molecule has 0 N–H and O–H groups in total. The van der Waals surface area contributed by atoms with E-state index in [1.807, 2.05) is 0 Å². The molecule has 0 radical (unpaired) electrons. The molecule has 0 saturated carbocycles. The van der Waals surface area contributed by atoms with Crippen LogP contribution < -0.4 is 0 Å². The fourth-order valence-electron chi connectivity index (χ4n) is 3.25. The highest BCUT2D eigenvalue weighted by Gasteiger charge is 2.12. The molecule has 1 aliphatic heterocycles. The van der Waals surface area contributed by atoms with Crippen LogP contribution in [0.1, 0.15) is 24.5 Å². The van der Waals surface area contributed by atoms with Crippen molar-refractivity contribution in [3.63, 3.8) is 0 Å². The minimum Gasteiger partial charge on any atom is -0.305 e. The number of benzene rings is 2. The zero-order valence-corrected chi connectivity index (χ0v) is 14.5. The maximum absolute atomic E-state index is 2.58. The quantitative estimate of drug-likeness (QED) is 0.840. The summed E-state index contributed by atoms with van der Waals surface area (Å²) in [6.45, 7) is 8.07. The van der Waals surface area contributed by atoms with Gasteiger partial charge in [-0.15, -0.1) is 0 Å². The topological polar surface area (TPSA) is 6.48 Å². The number of aryl methyl sites for hydroxylation is 1. The van der Waals surface area contributed by atoms with Crippen LogP contribution in [0.25, 0.3) is 11.1 Å². The molecule has 1 fully saturated rings. The summed E-state index contributed by atoms with van der Waals surface area (Å²) in [5.41, 5.74) is 5.44. The largest absolute Gasteiger partial charge is 0.305 e. The van der Waals surface area contributed by atoms with E-state index in [1.54, 1.807) is 0 Å². The first-order valence-corrected chi connectivity index (χ1v) is 8.84. The molecule has 2 heteroatoms. The fraction of sp³-hybridized carbons (Fsp3) is 0.429. The second-order valence-corrected chi connectivity index (χ2v) is 6.68. The summed E-state index contributed by atoms with van der Waals surface area (Å²) in [5.74, 6) is 0. The Morgan fingerprint density at radius 1 is 0.739 bits per heavy atom. The molecular weight excluding hydrogens is 280 g/mol. The Kier molecular flexibility index (Phi) is 5.47. The van der Waals surface area contributed by atoms with E-state index in [-0.39, 0.29) is 0 Å². The van der Waals surface area contributed by atoms with E-state index in [0.29, 0.717) is 0 Å². The average Bonchev–Trinajstić information content (AvgIpc) is 2.80. The molecule has 0 atom stereocenters. The maximum Gasteiger partial charge on any atom is 0.0234 e. The van der Waals surface area contributed by atoms with Crippen molar-refractivity contribution < 1.29 is 0 Å². The second-order valence-electron chi connectivity index (χ2n) is 6.68. The number of rotatable bonds is 4. The van der Waals surface area contributed by atoms with Gasteiger partial charge in [0.05, 0.1) is 0 Å². The molecule has 0 aromatic heterocycles. The van der Waals surface area contributed by atoms with Crippen LogP contribution in [0, 0.1) is 0 Å². The Bertz CT molecular complexity index is 601. The summed E-state index contributed by atoms with van der Waals surface area (Å²) in [6, 6.07) is 18.0. The van der Waals surface area contributed by atoms with Crippen molar-refractivity contribution in [2.45, 2.75) is 26.3 Å². The van der Waals surface area contributed by atoms with E-state index in [1.165, 1.54) is 54.9 Å². The summed E-state index contributed by atoms with van der Waals surface area (Å²) < 4.78 is 0. The SMILES string of the molecule is CCc1ccc(-c2ccc(CN3CCCN(C)CC3)cc2)cc1. The molecule has 0 aliphatic carbocycles. The van der Waals surface area contributed by atoms with Gasteiger partial charge in [-0.25, -0.2) is 0 Å². The number of likely N-dealkylation sites (N-methyl/N-ethyl adjacent to an activating group) is 1. The summed E-state index contributed by atoms with van der Waals surface area (Å²) in [6.07, 6.45) is 2.38. The Balaban J connectivity index is 1.64. The fourth-order valence-corrected chi connectivity index (χ4v) is 3.25. The van der Waals surface area contributed by atoms with Crippen LogP contribution in [0.3, 0.4) is 0 Å². The standard InChI is InChI=1S/C21H28N2/c1-3-18-5-9-20(10-6-18)21-11-7-19(8-12-21)17-23-14-4-13-22(2)15-16-23/h5-12H,3-4,13-17H2,1-2H3. The highest BCUT2D eigenvalue weighted by Crippen LogP contribution is 2.21. The molecule has 122 valence electrons. The van der Waals surface area contributed by atoms with Crippen molar-refractivity contribution in [1.82, 2.24) is 9.80 Å². The third-order valence-electron chi connectivity index (χ3n) is 4.87.